The van der Waals surface area contributed by atoms with Gasteiger partial charge in [-0.15, -0.1) is 0 Å². The highest BCUT2D eigenvalue weighted by Crippen LogP contribution is 2.20. The SMILES string of the molecule is CC(O)c1ccncc1O. The Hall–Kier alpha value is -1.09. The molecule has 54 valence electrons. The Morgan fingerprint density at radius 2 is 2.30 bits per heavy atom. The minimum Gasteiger partial charge on any atom is -0.506 e. The summed E-state index contributed by atoms with van der Waals surface area (Å²) >= 11 is 0. The summed E-state index contributed by atoms with van der Waals surface area (Å²) in [5.74, 6) is 0.0394. The summed E-state index contributed by atoms with van der Waals surface area (Å²) < 4.78 is 0. The van der Waals surface area contributed by atoms with Crippen LogP contribution in [-0.4, -0.2) is 15.2 Å². The lowest BCUT2D eigenvalue weighted by Gasteiger charge is -2.04. The highest BCUT2D eigenvalue weighted by atomic mass is 16.3. The Morgan fingerprint density at radius 3 is 2.70 bits per heavy atom. The lowest BCUT2D eigenvalue weighted by molar-refractivity contribution is 0.195. The number of aliphatic hydroxyl groups excluding tert-OH is 1. The van der Waals surface area contributed by atoms with Crippen LogP contribution in [0.1, 0.15) is 18.6 Å². The maximum atomic E-state index is 9.06. The Labute approximate surface area is 59.0 Å². The van der Waals surface area contributed by atoms with Gasteiger partial charge in [-0.1, -0.05) is 0 Å². The van der Waals surface area contributed by atoms with E-state index >= 15 is 0 Å². The van der Waals surface area contributed by atoms with Gasteiger partial charge in [-0.2, -0.15) is 0 Å². The second-order valence-corrected chi connectivity index (χ2v) is 2.11. The van der Waals surface area contributed by atoms with Crippen molar-refractivity contribution in [1.82, 2.24) is 4.98 Å². The van der Waals surface area contributed by atoms with E-state index < -0.39 is 6.10 Å². The van der Waals surface area contributed by atoms with Gasteiger partial charge in [-0.3, -0.25) is 4.98 Å². The molecule has 1 aromatic heterocycles. The molecule has 3 heteroatoms. The molecule has 3 nitrogen and oxygen atoms in total. The summed E-state index contributed by atoms with van der Waals surface area (Å²) in [5, 5.41) is 18.1. The fourth-order valence-corrected chi connectivity index (χ4v) is 0.750. The third-order valence-corrected chi connectivity index (χ3v) is 1.28. The van der Waals surface area contributed by atoms with E-state index in [2.05, 4.69) is 4.98 Å². The molecule has 1 heterocycles. The average Bonchev–Trinajstić information content (AvgIpc) is 1.88. The molecule has 10 heavy (non-hydrogen) atoms. The van der Waals surface area contributed by atoms with Crippen molar-refractivity contribution in [2.75, 3.05) is 0 Å². The van der Waals surface area contributed by atoms with E-state index in [0.717, 1.165) is 0 Å². The molecule has 1 rings (SSSR count). The number of hydrogen-bond acceptors (Lipinski definition) is 3. The van der Waals surface area contributed by atoms with Gasteiger partial charge in [0.1, 0.15) is 5.75 Å². The molecule has 0 radical (unpaired) electrons. The molecule has 1 unspecified atom stereocenters. The minimum absolute atomic E-state index is 0.0394. The molecule has 0 aliphatic carbocycles. The summed E-state index contributed by atoms with van der Waals surface area (Å²) in [7, 11) is 0. The number of nitrogens with zero attached hydrogens (tertiary/aromatic N) is 1. The number of aliphatic hydroxyl groups is 1. The first kappa shape index (κ1) is 7.02. The minimum atomic E-state index is -0.636. The summed E-state index contributed by atoms with van der Waals surface area (Å²) in [6.45, 7) is 1.59. The monoisotopic (exact) mass is 139 g/mol. The molecule has 1 aromatic rings. The third kappa shape index (κ3) is 1.25. The molecule has 0 amide bonds. The van der Waals surface area contributed by atoms with Crippen molar-refractivity contribution in [3.8, 4) is 5.75 Å². The summed E-state index contributed by atoms with van der Waals surface area (Å²) in [4.78, 5) is 3.67. The van der Waals surface area contributed by atoms with Crippen LogP contribution in [0.4, 0.5) is 0 Å². The van der Waals surface area contributed by atoms with Crippen molar-refractivity contribution in [3.05, 3.63) is 24.0 Å². The van der Waals surface area contributed by atoms with Gasteiger partial charge in [0.2, 0.25) is 0 Å². The van der Waals surface area contributed by atoms with Gasteiger partial charge in [0.05, 0.1) is 12.3 Å². The molecule has 0 saturated heterocycles. The Bertz CT molecular complexity index is 223. The highest BCUT2D eigenvalue weighted by Gasteiger charge is 2.04. The van der Waals surface area contributed by atoms with Crippen LogP contribution in [0.5, 0.6) is 5.75 Å². The maximum Gasteiger partial charge on any atom is 0.139 e. The second-order valence-electron chi connectivity index (χ2n) is 2.11. The van der Waals surface area contributed by atoms with Crippen LogP contribution >= 0.6 is 0 Å². The highest BCUT2D eigenvalue weighted by molar-refractivity contribution is 5.29. The average molecular weight is 139 g/mol. The molecule has 0 saturated carbocycles. The smallest absolute Gasteiger partial charge is 0.139 e. The lowest BCUT2D eigenvalue weighted by Crippen LogP contribution is -1.91. The van der Waals surface area contributed by atoms with Gasteiger partial charge < -0.3 is 10.2 Å². The first-order valence-electron chi connectivity index (χ1n) is 3.02. The van der Waals surface area contributed by atoms with Crippen LogP contribution in [0.15, 0.2) is 18.5 Å². The van der Waals surface area contributed by atoms with Crippen molar-refractivity contribution in [1.29, 1.82) is 0 Å². The summed E-state index contributed by atoms with van der Waals surface area (Å²) in [5.41, 5.74) is 0.509. The van der Waals surface area contributed by atoms with Crippen LogP contribution < -0.4 is 0 Å². The van der Waals surface area contributed by atoms with Crippen LogP contribution in [0.3, 0.4) is 0 Å². The molecule has 1 atom stereocenters. The zero-order valence-corrected chi connectivity index (χ0v) is 5.65. The van der Waals surface area contributed by atoms with Gasteiger partial charge >= 0.3 is 0 Å². The van der Waals surface area contributed by atoms with Crippen LogP contribution in [0.2, 0.25) is 0 Å². The van der Waals surface area contributed by atoms with Crippen molar-refractivity contribution in [2.45, 2.75) is 13.0 Å². The zero-order chi connectivity index (χ0) is 7.56. The molecular weight excluding hydrogens is 130 g/mol. The molecule has 2 N–H and O–H groups in total. The first-order valence-corrected chi connectivity index (χ1v) is 3.02. The van der Waals surface area contributed by atoms with E-state index in [1.165, 1.54) is 12.4 Å². The maximum absolute atomic E-state index is 9.06. The van der Waals surface area contributed by atoms with Crippen LogP contribution in [0.25, 0.3) is 0 Å². The predicted molar refractivity (Wildman–Crippen MR) is 36.5 cm³/mol. The van der Waals surface area contributed by atoms with Crippen LogP contribution in [-0.2, 0) is 0 Å². The summed E-state index contributed by atoms with van der Waals surface area (Å²) in [6.07, 6.45) is 2.20. The first-order chi connectivity index (χ1) is 4.72. The lowest BCUT2D eigenvalue weighted by atomic mass is 10.1. The van der Waals surface area contributed by atoms with Crippen molar-refractivity contribution >= 4 is 0 Å². The number of pyridine rings is 1. The van der Waals surface area contributed by atoms with Gasteiger partial charge in [-0.05, 0) is 13.0 Å². The molecule has 0 aromatic carbocycles. The van der Waals surface area contributed by atoms with Crippen molar-refractivity contribution in [3.63, 3.8) is 0 Å². The molecule has 0 aliphatic rings. The van der Waals surface area contributed by atoms with Gasteiger partial charge in [0.15, 0.2) is 0 Å². The Kier molecular flexibility index (Phi) is 1.87. The van der Waals surface area contributed by atoms with E-state index in [4.69, 9.17) is 10.2 Å². The van der Waals surface area contributed by atoms with E-state index in [0.29, 0.717) is 5.56 Å². The van der Waals surface area contributed by atoms with Crippen molar-refractivity contribution in [2.24, 2.45) is 0 Å². The van der Waals surface area contributed by atoms with E-state index in [1.807, 2.05) is 0 Å². The number of aromatic hydroxyl groups is 1. The molecular formula is C7H9NO2. The van der Waals surface area contributed by atoms with Gasteiger partial charge in [0.25, 0.3) is 0 Å². The normalized spacial score (nSPS) is 13.0. The Morgan fingerprint density at radius 1 is 1.60 bits per heavy atom. The fraction of sp³-hybridized carbons (Fsp3) is 0.286. The molecule has 0 bridgehead atoms. The van der Waals surface area contributed by atoms with E-state index in [1.54, 1.807) is 13.0 Å². The molecule has 0 aliphatic heterocycles. The van der Waals surface area contributed by atoms with Crippen LogP contribution in [0, 0.1) is 0 Å². The molecule has 0 fully saturated rings. The fourth-order valence-electron chi connectivity index (χ4n) is 0.750. The predicted octanol–water partition coefficient (Wildman–Crippen LogP) is 0.840. The molecule has 0 spiro atoms. The zero-order valence-electron chi connectivity index (χ0n) is 5.65. The largest absolute Gasteiger partial charge is 0.506 e. The van der Waals surface area contributed by atoms with Gasteiger partial charge in [0, 0.05) is 11.8 Å². The van der Waals surface area contributed by atoms with E-state index in [9.17, 15) is 0 Å². The number of hydrogen-bond donors (Lipinski definition) is 2. The third-order valence-electron chi connectivity index (χ3n) is 1.28. The van der Waals surface area contributed by atoms with Gasteiger partial charge in [-0.25, -0.2) is 0 Å². The topological polar surface area (TPSA) is 53.4 Å². The summed E-state index contributed by atoms with van der Waals surface area (Å²) in [6, 6.07) is 1.58. The van der Waals surface area contributed by atoms with E-state index in [-0.39, 0.29) is 5.75 Å². The Balaban J connectivity index is 3.03. The standard InChI is InChI=1S/C7H9NO2/c1-5(9)6-2-3-8-4-7(6)10/h2-5,9-10H,1H3. The number of aromatic nitrogens is 1. The van der Waals surface area contributed by atoms with Crippen molar-refractivity contribution < 1.29 is 10.2 Å². The quantitative estimate of drug-likeness (QED) is 0.606. The number of rotatable bonds is 1. The second kappa shape index (κ2) is 2.66.